The van der Waals surface area contributed by atoms with Gasteiger partial charge in [-0.2, -0.15) is 0 Å². The predicted molar refractivity (Wildman–Crippen MR) is 176 cm³/mol. The van der Waals surface area contributed by atoms with E-state index in [1.165, 1.54) is 0 Å². The van der Waals surface area contributed by atoms with Gasteiger partial charge < -0.3 is 18.0 Å². The zero-order valence-corrected chi connectivity index (χ0v) is 18.6. The standard InChI is InChI=1S/C20H23O5PSi2.9CH4/c1-27(22,19-14-8-4-9-15-19)24-26(21,18-12-6-3-7-13-18)25-28(2,23)20-16-10-5-11-17-20;;;;;;;;;/h3-17,22-23H,1-2H3;9*1H4. The van der Waals surface area contributed by atoms with Gasteiger partial charge in [-0.05, 0) is 35.6 Å². The van der Waals surface area contributed by atoms with Crippen LogP contribution in [0.1, 0.15) is 66.8 Å². The average Bonchev–Trinajstić information content (AvgIpc) is 2.69. The molecule has 0 bridgehead atoms. The van der Waals surface area contributed by atoms with Crippen molar-refractivity contribution in [2.75, 3.05) is 0 Å². The summed E-state index contributed by atoms with van der Waals surface area (Å²) in [6.07, 6.45) is 0. The third-order valence-corrected chi connectivity index (χ3v) is 12.8. The maximum absolute atomic E-state index is 13.9. The second kappa shape index (κ2) is 21.1. The molecule has 2 N–H and O–H groups in total. The fourth-order valence-corrected chi connectivity index (χ4v) is 10.9. The molecule has 0 heterocycles. The van der Waals surface area contributed by atoms with Gasteiger partial charge >= 0.3 is 24.7 Å². The molecule has 0 spiro atoms. The van der Waals surface area contributed by atoms with E-state index in [1.54, 1.807) is 92.0 Å². The Hall–Kier alpha value is -1.84. The van der Waals surface area contributed by atoms with Crippen LogP contribution in [0.15, 0.2) is 91.0 Å². The minimum atomic E-state index is -4.02. The lowest BCUT2D eigenvalue weighted by molar-refractivity contribution is 0.319. The average molecular weight is 575 g/mol. The molecular weight excluding hydrogens is 515 g/mol. The van der Waals surface area contributed by atoms with Crippen LogP contribution in [0.2, 0.25) is 13.1 Å². The van der Waals surface area contributed by atoms with Crippen LogP contribution in [0.5, 0.6) is 0 Å². The van der Waals surface area contributed by atoms with Crippen LogP contribution < -0.4 is 15.7 Å². The lowest BCUT2D eigenvalue weighted by Gasteiger charge is -2.32. The van der Waals surface area contributed by atoms with Crippen molar-refractivity contribution >= 4 is 40.4 Å². The molecule has 0 aliphatic heterocycles. The first-order valence-electron chi connectivity index (χ1n) is 8.86. The number of hydrogen-bond donors (Lipinski definition) is 2. The first-order chi connectivity index (χ1) is 13.2. The van der Waals surface area contributed by atoms with Gasteiger partial charge in [-0.25, -0.2) is 0 Å². The van der Waals surface area contributed by atoms with Gasteiger partial charge in [0.25, 0.3) is 0 Å². The van der Waals surface area contributed by atoms with Gasteiger partial charge in [0.15, 0.2) is 0 Å². The molecule has 2 atom stereocenters. The van der Waals surface area contributed by atoms with Crippen molar-refractivity contribution in [2.45, 2.75) is 79.9 Å². The second-order valence-corrected chi connectivity index (χ2v) is 14.8. The molecule has 3 aromatic carbocycles. The van der Waals surface area contributed by atoms with Crippen molar-refractivity contribution in [1.29, 1.82) is 0 Å². The summed E-state index contributed by atoms with van der Waals surface area (Å²) in [5.74, 6) is 0. The van der Waals surface area contributed by atoms with Crippen LogP contribution in [0.4, 0.5) is 0 Å². The molecule has 0 amide bonds. The van der Waals surface area contributed by atoms with E-state index >= 15 is 0 Å². The van der Waals surface area contributed by atoms with E-state index in [0.717, 1.165) is 0 Å². The van der Waals surface area contributed by atoms with Crippen LogP contribution >= 0.6 is 7.60 Å². The summed E-state index contributed by atoms with van der Waals surface area (Å²) < 4.78 is 25.6. The van der Waals surface area contributed by atoms with E-state index in [-0.39, 0.29) is 66.8 Å². The summed E-state index contributed by atoms with van der Waals surface area (Å²) in [5.41, 5.74) is 0. The maximum atomic E-state index is 13.9. The molecular formula is C29H59O5PSi2. The highest BCUT2D eigenvalue weighted by molar-refractivity contribution is 7.65. The molecule has 0 saturated carbocycles. The minimum absolute atomic E-state index is 0. The van der Waals surface area contributed by atoms with E-state index < -0.39 is 24.7 Å². The van der Waals surface area contributed by atoms with E-state index in [0.29, 0.717) is 15.7 Å². The lowest BCUT2D eigenvalue weighted by atomic mass is 10.4. The summed E-state index contributed by atoms with van der Waals surface area (Å²) in [6, 6.07) is 26.1. The molecule has 218 valence electrons. The fourth-order valence-electron chi connectivity index (χ4n) is 2.80. The first-order valence-corrected chi connectivity index (χ1v) is 15.1. The van der Waals surface area contributed by atoms with Gasteiger partial charge in [-0.15, -0.1) is 0 Å². The second-order valence-electron chi connectivity index (χ2n) is 6.71. The van der Waals surface area contributed by atoms with E-state index in [2.05, 4.69) is 0 Å². The Labute approximate surface area is 233 Å². The zero-order valence-electron chi connectivity index (χ0n) is 15.7. The molecule has 8 heteroatoms. The summed E-state index contributed by atoms with van der Waals surface area (Å²) in [7, 11) is -11.2. The van der Waals surface area contributed by atoms with Crippen molar-refractivity contribution < 1.29 is 22.6 Å². The molecule has 3 rings (SSSR count). The maximum Gasteiger partial charge on any atom is 0.374 e. The van der Waals surface area contributed by atoms with Gasteiger partial charge in [0.2, 0.25) is 0 Å². The Bertz CT molecular complexity index is 896. The van der Waals surface area contributed by atoms with E-state index in [4.69, 9.17) is 8.43 Å². The first kappa shape index (κ1) is 51.7. The fraction of sp³-hybridized carbons (Fsp3) is 0.379. The Kier molecular flexibility index (Phi) is 29.6. The normalized spacial score (nSPS) is 13.5. The zero-order chi connectivity index (χ0) is 20.3. The summed E-state index contributed by atoms with van der Waals surface area (Å²) >= 11 is 0. The molecule has 0 fully saturated rings. The van der Waals surface area contributed by atoms with E-state index in [9.17, 15) is 14.2 Å². The van der Waals surface area contributed by atoms with Crippen LogP contribution in [0, 0.1) is 0 Å². The van der Waals surface area contributed by atoms with Crippen LogP contribution in [-0.4, -0.2) is 26.7 Å². The van der Waals surface area contributed by atoms with Gasteiger partial charge in [0.05, 0.1) is 5.30 Å². The van der Waals surface area contributed by atoms with Gasteiger partial charge in [-0.1, -0.05) is 146 Å². The highest BCUT2D eigenvalue weighted by Gasteiger charge is 2.46. The Morgan fingerprint density at radius 1 is 0.514 bits per heavy atom. The summed E-state index contributed by atoms with van der Waals surface area (Å²) in [4.78, 5) is 22.1. The van der Waals surface area contributed by atoms with Crippen molar-refractivity contribution in [3.8, 4) is 0 Å². The monoisotopic (exact) mass is 574 g/mol. The molecule has 0 radical (unpaired) electrons. The molecule has 37 heavy (non-hydrogen) atoms. The van der Waals surface area contributed by atoms with Crippen molar-refractivity contribution in [2.24, 2.45) is 0 Å². The van der Waals surface area contributed by atoms with Gasteiger partial charge in [-0.3, -0.25) is 4.57 Å². The molecule has 0 saturated heterocycles. The van der Waals surface area contributed by atoms with Crippen LogP contribution in [0.3, 0.4) is 0 Å². The van der Waals surface area contributed by atoms with Gasteiger partial charge in [0.1, 0.15) is 0 Å². The highest BCUT2D eigenvalue weighted by atomic mass is 31.2. The van der Waals surface area contributed by atoms with E-state index in [1.807, 2.05) is 12.1 Å². The molecule has 5 nitrogen and oxygen atoms in total. The van der Waals surface area contributed by atoms with Crippen LogP contribution in [0.25, 0.3) is 0 Å². The highest BCUT2D eigenvalue weighted by Crippen LogP contribution is 2.50. The molecule has 0 aromatic heterocycles. The van der Waals surface area contributed by atoms with Crippen molar-refractivity contribution in [3.05, 3.63) is 91.0 Å². The molecule has 0 aliphatic carbocycles. The minimum Gasteiger partial charge on any atom is -0.407 e. The van der Waals surface area contributed by atoms with Crippen molar-refractivity contribution in [1.82, 2.24) is 0 Å². The molecule has 0 aliphatic rings. The number of benzene rings is 3. The lowest BCUT2D eigenvalue weighted by Crippen LogP contribution is -2.52. The Morgan fingerprint density at radius 3 is 1.03 bits per heavy atom. The molecule has 2 unspecified atom stereocenters. The van der Waals surface area contributed by atoms with Gasteiger partial charge in [0, 0.05) is 0 Å². The summed E-state index contributed by atoms with van der Waals surface area (Å²) in [5, 5.41) is 1.42. The number of rotatable bonds is 7. The number of hydrogen-bond acceptors (Lipinski definition) is 5. The summed E-state index contributed by atoms with van der Waals surface area (Å²) in [6.45, 7) is 3.08. The topological polar surface area (TPSA) is 76.0 Å². The van der Waals surface area contributed by atoms with Crippen molar-refractivity contribution in [3.63, 3.8) is 0 Å². The quantitative estimate of drug-likeness (QED) is 0.220. The van der Waals surface area contributed by atoms with Crippen LogP contribution in [-0.2, 0) is 13.0 Å². The third kappa shape index (κ3) is 13.0. The largest absolute Gasteiger partial charge is 0.407 e. The third-order valence-electron chi connectivity index (χ3n) is 4.29. The SMILES string of the molecule is C.C.C.C.C.C.C.C.C.C[Si](O)(OP(=O)(O[Si](C)(O)c1ccccc1)c1ccccc1)c1ccccc1. The molecule has 3 aromatic rings. The predicted octanol–water partition coefficient (Wildman–Crippen LogP) is 8.21. The smallest absolute Gasteiger partial charge is 0.374 e. The Morgan fingerprint density at radius 2 is 0.757 bits per heavy atom. The Balaban J connectivity index is -0.000000200.